The Morgan fingerprint density at radius 3 is 3.00 bits per heavy atom. The van der Waals surface area contributed by atoms with Crippen LogP contribution in [0.25, 0.3) is 0 Å². The Kier molecular flexibility index (Phi) is 5.15. The van der Waals surface area contributed by atoms with Crippen LogP contribution in [0.5, 0.6) is 0 Å². The number of halogens is 2. The molecule has 1 aromatic heterocycles. The molecule has 0 spiro atoms. The van der Waals surface area contributed by atoms with Crippen LogP contribution in [0.1, 0.15) is 21.7 Å². The molecule has 0 bridgehead atoms. The molecule has 2 aromatic rings. The van der Waals surface area contributed by atoms with Crippen LogP contribution in [0, 0.1) is 5.82 Å². The van der Waals surface area contributed by atoms with Crippen LogP contribution in [-0.2, 0) is 24.3 Å². The van der Waals surface area contributed by atoms with Gasteiger partial charge in [-0.3, -0.25) is 14.3 Å². The van der Waals surface area contributed by atoms with Crippen molar-refractivity contribution in [1.82, 2.24) is 19.7 Å². The lowest BCUT2D eigenvalue weighted by atomic mass is 10.1. The summed E-state index contributed by atoms with van der Waals surface area (Å²) in [5, 5.41) is 17.6. The van der Waals surface area contributed by atoms with Crippen molar-refractivity contribution < 1.29 is 23.9 Å². The molecule has 0 radical (unpaired) electrons. The predicted octanol–water partition coefficient (Wildman–Crippen LogP) is 1.64. The number of benzene rings is 1. The number of anilines is 1. The fourth-order valence-electron chi connectivity index (χ4n) is 3.49. The van der Waals surface area contributed by atoms with Gasteiger partial charge in [0.2, 0.25) is 0 Å². The van der Waals surface area contributed by atoms with Crippen LogP contribution >= 0.6 is 11.6 Å². The molecule has 0 saturated heterocycles. The van der Waals surface area contributed by atoms with Crippen LogP contribution in [0.4, 0.5) is 14.9 Å². The summed E-state index contributed by atoms with van der Waals surface area (Å²) < 4.78 is 14.8. The van der Waals surface area contributed by atoms with Crippen molar-refractivity contribution in [3.63, 3.8) is 0 Å². The molecule has 2 aliphatic rings. The van der Waals surface area contributed by atoms with E-state index in [1.165, 1.54) is 25.2 Å². The average molecular weight is 424 g/mol. The fourth-order valence-corrected chi connectivity index (χ4v) is 3.67. The van der Waals surface area contributed by atoms with E-state index < -0.39 is 18.0 Å². The molecule has 0 unspecified atom stereocenters. The number of aliphatic hydroxyl groups excluding tert-OH is 1. The molecule has 4 rings (SSSR count). The van der Waals surface area contributed by atoms with Gasteiger partial charge >= 0.3 is 6.03 Å². The standard InChI is InChI=1S/C18H19ClFN5O4/c1-23-17(27)16-12-8-24(18(28)21-10-2-3-14(20)13(19)6-10)5-4-15(12)22-25(16)7-11(9-26)29-23/h2-3,6,11,26H,4-5,7-9H2,1H3,(H,21,28)/t11-/m0/s1. The van der Waals surface area contributed by atoms with E-state index in [2.05, 4.69) is 10.4 Å². The number of carbonyl (C=O) groups excluding carboxylic acids is 2. The summed E-state index contributed by atoms with van der Waals surface area (Å²) in [6, 6.07) is 3.54. The molecule has 1 atom stereocenters. The second kappa shape index (κ2) is 7.62. The minimum atomic E-state index is -0.589. The summed E-state index contributed by atoms with van der Waals surface area (Å²) in [5.41, 5.74) is 2.12. The smallest absolute Gasteiger partial charge is 0.322 e. The number of hydrogen-bond acceptors (Lipinski definition) is 5. The highest BCUT2D eigenvalue weighted by molar-refractivity contribution is 6.31. The first kappa shape index (κ1) is 19.6. The lowest BCUT2D eigenvalue weighted by molar-refractivity contribution is -0.159. The Labute approximate surface area is 170 Å². The van der Waals surface area contributed by atoms with Gasteiger partial charge in [-0.2, -0.15) is 5.10 Å². The van der Waals surface area contributed by atoms with Gasteiger partial charge in [0.25, 0.3) is 5.91 Å². The van der Waals surface area contributed by atoms with E-state index in [1.807, 2.05) is 0 Å². The van der Waals surface area contributed by atoms with Gasteiger partial charge in [0, 0.05) is 31.3 Å². The second-order valence-electron chi connectivity index (χ2n) is 6.90. The number of rotatable bonds is 2. The fraction of sp³-hybridized carbons (Fsp3) is 0.389. The number of nitrogens with one attached hydrogen (secondary N) is 1. The molecule has 1 aromatic carbocycles. The molecule has 9 nitrogen and oxygen atoms in total. The van der Waals surface area contributed by atoms with Gasteiger partial charge < -0.3 is 15.3 Å². The first-order valence-electron chi connectivity index (χ1n) is 9.02. The minimum Gasteiger partial charge on any atom is -0.393 e. The van der Waals surface area contributed by atoms with Crippen LogP contribution in [0.15, 0.2) is 18.2 Å². The number of carbonyl (C=O) groups is 2. The molecule has 0 aliphatic carbocycles. The topological polar surface area (TPSA) is 99.9 Å². The zero-order valence-corrected chi connectivity index (χ0v) is 16.3. The van der Waals surface area contributed by atoms with E-state index in [1.54, 1.807) is 9.58 Å². The summed E-state index contributed by atoms with van der Waals surface area (Å²) in [6.45, 7) is 0.578. The number of aromatic nitrogens is 2. The van der Waals surface area contributed by atoms with Gasteiger partial charge in [-0.1, -0.05) is 11.6 Å². The Hall–Kier alpha value is -2.69. The number of amides is 3. The van der Waals surface area contributed by atoms with E-state index in [0.717, 1.165) is 10.8 Å². The maximum Gasteiger partial charge on any atom is 0.322 e. The molecular weight excluding hydrogens is 405 g/mol. The van der Waals surface area contributed by atoms with Gasteiger partial charge in [0.15, 0.2) is 0 Å². The molecule has 0 fully saturated rings. The Morgan fingerprint density at radius 2 is 2.28 bits per heavy atom. The van der Waals surface area contributed by atoms with E-state index >= 15 is 0 Å². The van der Waals surface area contributed by atoms with Gasteiger partial charge in [-0.25, -0.2) is 14.2 Å². The zero-order chi connectivity index (χ0) is 20.7. The molecular formula is C18H19ClFN5O4. The van der Waals surface area contributed by atoms with Crippen molar-refractivity contribution in [3.05, 3.63) is 46.0 Å². The Balaban J connectivity index is 1.57. The van der Waals surface area contributed by atoms with E-state index in [4.69, 9.17) is 16.4 Å². The molecule has 3 amide bonds. The predicted molar refractivity (Wildman–Crippen MR) is 101 cm³/mol. The number of nitrogens with zero attached hydrogens (tertiary/aromatic N) is 4. The first-order chi connectivity index (χ1) is 13.9. The number of fused-ring (bicyclic) bond motifs is 3. The highest BCUT2D eigenvalue weighted by Crippen LogP contribution is 2.27. The van der Waals surface area contributed by atoms with Gasteiger partial charge in [-0.15, -0.1) is 0 Å². The summed E-state index contributed by atoms with van der Waals surface area (Å²) in [6.07, 6.45) is -0.108. The third-order valence-electron chi connectivity index (χ3n) is 4.94. The summed E-state index contributed by atoms with van der Waals surface area (Å²) in [5.74, 6) is -0.955. The SMILES string of the molecule is CN1O[C@H](CO)Cn2nc3c(c2C1=O)CN(C(=O)Nc1ccc(F)c(Cl)c1)CC3. The quantitative estimate of drug-likeness (QED) is 0.765. The average Bonchev–Trinajstić information content (AvgIpc) is 3.00. The van der Waals surface area contributed by atoms with Gasteiger partial charge in [0.05, 0.1) is 30.4 Å². The largest absolute Gasteiger partial charge is 0.393 e. The van der Waals surface area contributed by atoms with Crippen LogP contribution in [0.3, 0.4) is 0 Å². The monoisotopic (exact) mass is 423 g/mol. The van der Waals surface area contributed by atoms with Crippen molar-refractivity contribution in [2.75, 3.05) is 25.5 Å². The van der Waals surface area contributed by atoms with Crippen molar-refractivity contribution in [1.29, 1.82) is 0 Å². The van der Waals surface area contributed by atoms with E-state index in [0.29, 0.717) is 29.9 Å². The van der Waals surface area contributed by atoms with Crippen molar-refractivity contribution in [3.8, 4) is 0 Å². The molecule has 11 heteroatoms. The van der Waals surface area contributed by atoms with E-state index in [-0.39, 0.29) is 30.6 Å². The highest BCUT2D eigenvalue weighted by atomic mass is 35.5. The van der Waals surface area contributed by atoms with Crippen molar-refractivity contribution in [2.24, 2.45) is 0 Å². The number of hydroxylamine groups is 2. The molecule has 2 aliphatic heterocycles. The normalized spacial score (nSPS) is 18.9. The zero-order valence-electron chi connectivity index (χ0n) is 15.6. The second-order valence-corrected chi connectivity index (χ2v) is 7.31. The number of hydrogen-bond donors (Lipinski definition) is 2. The third-order valence-corrected chi connectivity index (χ3v) is 5.22. The van der Waals surface area contributed by atoms with Gasteiger partial charge in [0.1, 0.15) is 17.6 Å². The molecule has 0 saturated carbocycles. The summed E-state index contributed by atoms with van der Waals surface area (Å²) in [4.78, 5) is 32.4. The molecule has 29 heavy (non-hydrogen) atoms. The third kappa shape index (κ3) is 3.66. The van der Waals surface area contributed by atoms with Crippen LogP contribution in [0.2, 0.25) is 5.02 Å². The van der Waals surface area contributed by atoms with Crippen LogP contribution < -0.4 is 5.32 Å². The van der Waals surface area contributed by atoms with Crippen LogP contribution in [-0.4, -0.2) is 63.1 Å². The maximum atomic E-state index is 13.3. The number of urea groups is 1. The molecule has 2 N–H and O–H groups in total. The first-order valence-corrected chi connectivity index (χ1v) is 9.40. The summed E-state index contributed by atoms with van der Waals surface area (Å²) >= 11 is 5.76. The maximum absolute atomic E-state index is 13.3. The minimum absolute atomic E-state index is 0.0854. The van der Waals surface area contributed by atoms with Crippen molar-refractivity contribution >= 4 is 29.2 Å². The highest BCUT2D eigenvalue weighted by Gasteiger charge is 2.35. The number of aliphatic hydroxyl groups is 1. The molecule has 3 heterocycles. The van der Waals surface area contributed by atoms with Gasteiger partial charge in [-0.05, 0) is 18.2 Å². The lowest BCUT2D eigenvalue weighted by Crippen LogP contribution is -2.39. The Morgan fingerprint density at radius 1 is 1.48 bits per heavy atom. The Bertz CT molecular complexity index is 981. The molecule has 154 valence electrons. The summed E-state index contributed by atoms with van der Waals surface area (Å²) in [7, 11) is 1.48. The van der Waals surface area contributed by atoms with E-state index in [9.17, 15) is 19.1 Å². The van der Waals surface area contributed by atoms with Crippen molar-refractivity contribution in [2.45, 2.75) is 25.6 Å². The lowest BCUT2D eigenvalue weighted by Gasteiger charge is -2.27.